The topological polar surface area (TPSA) is 88.9 Å². The number of hydrogen-bond acceptors (Lipinski definition) is 5. The molecule has 26 heavy (non-hydrogen) atoms. The molecule has 7 nitrogen and oxygen atoms in total. The molecule has 3 rings (SSSR count). The van der Waals surface area contributed by atoms with Crippen LogP contribution in [0.1, 0.15) is 22.3 Å². The SMILES string of the molecule is CN(Cc1ccoc1)C(=O)c1cccc(S(=O)(=O)NCC2CCOC2)c1. The zero-order valence-corrected chi connectivity index (χ0v) is 15.4. The third kappa shape index (κ3) is 4.51. The quantitative estimate of drug-likeness (QED) is 0.794. The summed E-state index contributed by atoms with van der Waals surface area (Å²) in [4.78, 5) is 14.2. The summed E-state index contributed by atoms with van der Waals surface area (Å²) in [5.74, 6) is -0.0666. The van der Waals surface area contributed by atoms with Crippen molar-refractivity contribution < 1.29 is 22.4 Å². The lowest BCUT2D eigenvalue weighted by molar-refractivity contribution is 0.0784. The number of nitrogens with zero attached hydrogens (tertiary/aromatic N) is 1. The van der Waals surface area contributed by atoms with Crippen LogP contribution in [0.4, 0.5) is 0 Å². The van der Waals surface area contributed by atoms with E-state index in [1.165, 1.54) is 17.0 Å². The van der Waals surface area contributed by atoms with Crippen LogP contribution in [-0.2, 0) is 21.3 Å². The second kappa shape index (κ2) is 8.03. The molecule has 2 aromatic rings. The van der Waals surface area contributed by atoms with Gasteiger partial charge in [0.2, 0.25) is 10.0 Å². The fourth-order valence-electron chi connectivity index (χ4n) is 2.80. The van der Waals surface area contributed by atoms with E-state index in [4.69, 9.17) is 9.15 Å². The van der Waals surface area contributed by atoms with Gasteiger partial charge in [0.1, 0.15) is 0 Å². The Morgan fingerprint density at radius 2 is 2.19 bits per heavy atom. The van der Waals surface area contributed by atoms with E-state index in [2.05, 4.69) is 4.72 Å². The number of furan rings is 1. The van der Waals surface area contributed by atoms with Crippen molar-refractivity contribution in [1.29, 1.82) is 0 Å². The van der Waals surface area contributed by atoms with Crippen LogP contribution < -0.4 is 4.72 Å². The van der Waals surface area contributed by atoms with Crippen molar-refractivity contribution in [2.75, 3.05) is 26.8 Å². The third-order valence-corrected chi connectivity index (χ3v) is 5.75. The summed E-state index contributed by atoms with van der Waals surface area (Å²) in [6, 6.07) is 7.85. The first-order valence-electron chi connectivity index (χ1n) is 8.40. The minimum Gasteiger partial charge on any atom is -0.472 e. The van der Waals surface area contributed by atoms with Crippen molar-refractivity contribution in [1.82, 2.24) is 9.62 Å². The van der Waals surface area contributed by atoms with Gasteiger partial charge in [-0.25, -0.2) is 13.1 Å². The van der Waals surface area contributed by atoms with Gasteiger partial charge in [-0.3, -0.25) is 4.79 Å². The molecule has 1 amide bonds. The van der Waals surface area contributed by atoms with Gasteiger partial charge in [0.15, 0.2) is 0 Å². The monoisotopic (exact) mass is 378 g/mol. The van der Waals surface area contributed by atoms with E-state index in [9.17, 15) is 13.2 Å². The number of carbonyl (C=O) groups is 1. The lowest BCUT2D eigenvalue weighted by atomic mass is 10.1. The van der Waals surface area contributed by atoms with Crippen molar-refractivity contribution in [3.05, 3.63) is 54.0 Å². The van der Waals surface area contributed by atoms with Gasteiger partial charge in [-0.05, 0) is 36.6 Å². The summed E-state index contributed by atoms with van der Waals surface area (Å²) in [6.45, 7) is 1.95. The molecular weight excluding hydrogens is 356 g/mol. The average molecular weight is 378 g/mol. The Labute approximate surface area is 153 Å². The molecule has 8 heteroatoms. The Morgan fingerprint density at radius 1 is 1.35 bits per heavy atom. The molecule has 2 heterocycles. The normalized spacial score (nSPS) is 17.3. The smallest absolute Gasteiger partial charge is 0.253 e. The number of sulfonamides is 1. The highest BCUT2D eigenvalue weighted by Gasteiger charge is 2.21. The zero-order valence-electron chi connectivity index (χ0n) is 14.6. The predicted octanol–water partition coefficient (Wildman–Crippen LogP) is 1.87. The minimum absolute atomic E-state index is 0.0824. The Hall–Kier alpha value is -2.16. The molecule has 1 N–H and O–H groups in total. The van der Waals surface area contributed by atoms with Crippen LogP contribution in [0.25, 0.3) is 0 Å². The molecule has 1 atom stereocenters. The standard InChI is InChI=1S/C18H22N2O5S/c1-20(11-15-6-8-25-13-15)18(21)16-3-2-4-17(9-16)26(22,23)19-10-14-5-7-24-12-14/h2-4,6,8-9,13-14,19H,5,7,10-12H2,1H3. The van der Waals surface area contributed by atoms with Gasteiger partial charge in [0.05, 0.1) is 24.0 Å². The fraction of sp³-hybridized carbons (Fsp3) is 0.389. The molecule has 0 bridgehead atoms. The predicted molar refractivity (Wildman–Crippen MR) is 95.1 cm³/mol. The molecule has 1 aliphatic heterocycles. The first-order chi connectivity index (χ1) is 12.5. The number of rotatable bonds is 7. The highest BCUT2D eigenvalue weighted by molar-refractivity contribution is 7.89. The highest BCUT2D eigenvalue weighted by atomic mass is 32.2. The molecule has 0 spiro atoms. The van der Waals surface area contributed by atoms with Crippen LogP contribution >= 0.6 is 0 Å². The van der Waals surface area contributed by atoms with E-state index in [0.29, 0.717) is 31.9 Å². The second-order valence-electron chi connectivity index (χ2n) is 6.40. The molecule has 1 unspecified atom stereocenters. The molecule has 140 valence electrons. The average Bonchev–Trinajstić information content (AvgIpc) is 3.33. The Morgan fingerprint density at radius 3 is 2.88 bits per heavy atom. The number of benzene rings is 1. The number of nitrogens with one attached hydrogen (secondary N) is 1. The summed E-state index contributed by atoms with van der Waals surface area (Å²) >= 11 is 0. The summed E-state index contributed by atoms with van der Waals surface area (Å²) < 4.78 is 37.9. The van der Waals surface area contributed by atoms with Crippen molar-refractivity contribution in [3.8, 4) is 0 Å². The van der Waals surface area contributed by atoms with Crippen molar-refractivity contribution in [3.63, 3.8) is 0 Å². The number of ether oxygens (including phenoxy) is 1. The zero-order chi connectivity index (χ0) is 18.6. The molecular formula is C18H22N2O5S. The maximum atomic E-state index is 12.6. The first-order valence-corrected chi connectivity index (χ1v) is 9.88. The van der Waals surface area contributed by atoms with Crippen LogP contribution in [0.5, 0.6) is 0 Å². The molecule has 0 aliphatic carbocycles. The maximum Gasteiger partial charge on any atom is 0.253 e. The molecule has 0 radical (unpaired) electrons. The summed E-state index contributed by atoms with van der Waals surface area (Å²) in [5.41, 5.74) is 1.19. The third-order valence-electron chi connectivity index (χ3n) is 4.32. The van der Waals surface area contributed by atoms with Crippen molar-refractivity contribution >= 4 is 15.9 Å². The van der Waals surface area contributed by atoms with E-state index < -0.39 is 10.0 Å². The van der Waals surface area contributed by atoms with Crippen molar-refractivity contribution in [2.45, 2.75) is 17.9 Å². The molecule has 1 aromatic heterocycles. The highest BCUT2D eigenvalue weighted by Crippen LogP contribution is 2.16. The van der Waals surface area contributed by atoms with Gasteiger partial charge in [-0.2, -0.15) is 0 Å². The molecule has 1 saturated heterocycles. The molecule has 1 fully saturated rings. The van der Waals surface area contributed by atoms with E-state index >= 15 is 0 Å². The Bertz CT molecular complexity index is 842. The number of amides is 1. The lowest BCUT2D eigenvalue weighted by Gasteiger charge is -2.17. The molecule has 0 saturated carbocycles. The lowest BCUT2D eigenvalue weighted by Crippen LogP contribution is -2.30. The van der Waals surface area contributed by atoms with E-state index in [0.717, 1.165) is 12.0 Å². The van der Waals surface area contributed by atoms with Gasteiger partial charge in [0.25, 0.3) is 5.91 Å². The largest absolute Gasteiger partial charge is 0.472 e. The number of hydrogen-bond donors (Lipinski definition) is 1. The molecule has 1 aromatic carbocycles. The van der Waals surface area contributed by atoms with Crippen molar-refractivity contribution in [2.24, 2.45) is 5.92 Å². The summed E-state index contributed by atoms with van der Waals surface area (Å²) in [5, 5.41) is 0. The molecule has 1 aliphatic rings. The van der Waals surface area contributed by atoms with Gasteiger partial charge in [-0.15, -0.1) is 0 Å². The summed E-state index contributed by atoms with van der Waals surface area (Å²) in [7, 11) is -2.01. The van der Waals surface area contributed by atoms with Crippen LogP contribution in [-0.4, -0.2) is 46.0 Å². The minimum atomic E-state index is -3.67. The fourth-order valence-corrected chi connectivity index (χ4v) is 3.96. The second-order valence-corrected chi connectivity index (χ2v) is 8.17. The van der Waals surface area contributed by atoms with Crippen LogP contribution in [0.2, 0.25) is 0 Å². The maximum absolute atomic E-state index is 12.6. The van der Waals surface area contributed by atoms with Gasteiger partial charge in [-0.1, -0.05) is 6.07 Å². The van der Waals surface area contributed by atoms with E-state index in [-0.39, 0.29) is 16.7 Å². The van der Waals surface area contributed by atoms with Crippen LogP contribution in [0.15, 0.2) is 52.2 Å². The number of carbonyl (C=O) groups excluding carboxylic acids is 1. The van der Waals surface area contributed by atoms with E-state index in [1.54, 1.807) is 37.8 Å². The van der Waals surface area contributed by atoms with Gasteiger partial charge in [0, 0.05) is 37.9 Å². The van der Waals surface area contributed by atoms with Crippen LogP contribution in [0.3, 0.4) is 0 Å². The summed E-state index contributed by atoms with van der Waals surface area (Å²) in [6.07, 6.45) is 3.96. The van der Waals surface area contributed by atoms with Gasteiger partial charge >= 0.3 is 0 Å². The Balaban J connectivity index is 1.69. The first kappa shape index (κ1) is 18.6. The Kier molecular flexibility index (Phi) is 5.75. The van der Waals surface area contributed by atoms with Gasteiger partial charge < -0.3 is 14.1 Å². The van der Waals surface area contributed by atoms with Crippen LogP contribution in [0, 0.1) is 5.92 Å². The van der Waals surface area contributed by atoms with E-state index in [1.807, 2.05) is 0 Å².